The number of hydrogen-bond donors (Lipinski definition) is 1. The van der Waals surface area contributed by atoms with Gasteiger partial charge in [-0.1, -0.05) is 48.0 Å². The van der Waals surface area contributed by atoms with E-state index in [1.54, 1.807) is 48.5 Å². The highest BCUT2D eigenvalue weighted by molar-refractivity contribution is 7.88. The summed E-state index contributed by atoms with van der Waals surface area (Å²) < 4.78 is 25.0. The maximum atomic E-state index is 12.8. The zero-order valence-corrected chi connectivity index (χ0v) is 15.2. The molecule has 2 aromatic rings. The van der Waals surface area contributed by atoms with Crippen molar-refractivity contribution in [3.05, 3.63) is 64.7 Å². The van der Waals surface area contributed by atoms with Gasteiger partial charge in [0.1, 0.15) is 6.04 Å². The molecular formula is C17H19ClN2O3S. The lowest BCUT2D eigenvalue weighted by Gasteiger charge is -2.26. The smallest absolute Gasteiger partial charge is 0.247 e. The number of carbonyl (C=O) groups is 1. The van der Waals surface area contributed by atoms with Crippen LogP contribution < -0.4 is 5.32 Å². The molecule has 0 aliphatic carbocycles. The predicted molar refractivity (Wildman–Crippen MR) is 96.6 cm³/mol. The van der Waals surface area contributed by atoms with Gasteiger partial charge in [-0.05, 0) is 30.2 Å². The SMILES string of the molecule is Cc1ccc(Cl)cc1NC(=O)C(c1ccccc1)N(C)S(C)(=O)=O. The number of nitrogens with zero attached hydrogens (tertiary/aromatic N) is 1. The van der Waals surface area contributed by atoms with E-state index < -0.39 is 22.0 Å². The monoisotopic (exact) mass is 366 g/mol. The van der Waals surface area contributed by atoms with Crippen LogP contribution in [0.2, 0.25) is 5.02 Å². The van der Waals surface area contributed by atoms with Crippen LogP contribution in [-0.2, 0) is 14.8 Å². The van der Waals surface area contributed by atoms with E-state index in [1.807, 2.05) is 6.92 Å². The van der Waals surface area contributed by atoms with Crippen molar-refractivity contribution in [1.29, 1.82) is 0 Å². The van der Waals surface area contributed by atoms with Crippen molar-refractivity contribution in [2.45, 2.75) is 13.0 Å². The van der Waals surface area contributed by atoms with Crippen LogP contribution in [0.1, 0.15) is 17.2 Å². The third-order valence-corrected chi connectivity index (χ3v) is 5.20. The third-order valence-electron chi connectivity index (χ3n) is 3.71. The van der Waals surface area contributed by atoms with Crippen LogP contribution >= 0.6 is 11.6 Å². The first-order chi connectivity index (χ1) is 11.2. The Labute approximate surface area is 147 Å². The molecule has 0 saturated heterocycles. The van der Waals surface area contributed by atoms with Gasteiger partial charge in [-0.3, -0.25) is 4.79 Å². The highest BCUT2D eigenvalue weighted by atomic mass is 35.5. The second kappa shape index (κ2) is 7.34. The molecule has 24 heavy (non-hydrogen) atoms. The molecule has 1 N–H and O–H groups in total. The van der Waals surface area contributed by atoms with Crippen molar-refractivity contribution < 1.29 is 13.2 Å². The molecule has 0 aromatic heterocycles. The lowest BCUT2D eigenvalue weighted by atomic mass is 10.1. The van der Waals surface area contributed by atoms with E-state index in [9.17, 15) is 13.2 Å². The largest absolute Gasteiger partial charge is 0.324 e. The van der Waals surface area contributed by atoms with Crippen molar-refractivity contribution in [1.82, 2.24) is 4.31 Å². The number of hydrogen-bond acceptors (Lipinski definition) is 3. The van der Waals surface area contributed by atoms with Crippen molar-refractivity contribution in [2.24, 2.45) is 0 Å². The molecule has 1 atom stereocenters. The summed E-state index contributed by atoms with van der Waals surface area (Å²) in [5.41, 5.74) is 1.97. The molecule has 5 nitrogen and oxygen atoms in total. The average molecular weight is 367 g/mol. The molecule has 0 fully saturated rings. The Morgan fingerprint density at radius 2 is 1.79 bits per heavy atom. The molecule has 0 aliphatic heterocycles. The van der Waals surface area contributed by atoms with Crippen LogP contribution in [0.4, 0.5) is 5.69 Å². The molecule has 0 radical (unpaired) electrons. The van der Waals surface area contributed by atoms with Gasteiger partial charge < -0.3 is 5.32 Å². The van der Waals surface area contributed by atoms with Crippen molar-refractivity contribution >= 4 is 33.2 Å². The Bertz CT molecular complexity index is 838. The Morgan fingerprint density at radius 3 is 2.38 bits per heavy atom. The Hall–Kier alpha value is -1.89. The van der Waals surface area contributed by atoms with Crippen LogP contribution in [0, 0.1) is 6.92 Å². The summed E-state index contributed by atoms with van der Waals surface area (Å²) in [7, 11) is -2.17. The Kier molecular flexibility index (Phi) is 5.64. The Morgan fingerprint density at radius 1 is 1.17 bits per heavy atom. The summed E-state index contributed by atoms with van der Waals surface area (Å²) in [6.45, 7) is 1.84. The Balaban J connectivity index is 2.40. The molecular weight excluding hydrogens is 348 g/mol. The van der Waals surface area contributed by atoms with E-state index in [1.165, 1.54) is 7.05 Å². The first-order valence-electron chi connectivity index (χ1n) is 7.25. The van der Waals surface area contributed by atoms with Gasteiger partial charge in [0.05, 0.1) is 6.26 Å². The van der Waals surface area contributed by atoms with E-state index >= 15 is 0 Å². The van der Waals surface area contributed by atoms with Crippen LogP contribution in [0.25, 0.3) is 0 Å². The lowest BCUT2D eigenvalue weighted by Crippen LogP contribution is -2.38. The van der Waals surface area contributed by atoms with E-state index in [0.29, 0.717) is 16.3 Å². The van der Waals surface area contributed by atoms with Crippen molar-refractivity contribution in [3.8, 4) is 0 Å². The maximum absolute atomic E-state index is 12.8. The third kappa shape index (κ3) is 4.35. The highest BCUT2D eigenvalue weighted by Crippen LogP contribution is 2.26. The first-order valence-corrected chi connectivity index (χ1v) is 9.48. The number of anilines is 1. The van der Waals surface area contributed by atoms with Gasteiger partial charge in [0, 0.05) is 17.8 Å². The second-order valence-corrected chi connectivity index (χ2v) is 8.02. The van der Waals surface area contributed by atoms with E-state index in [2.05, 4.69) is 5.32 Å². The van der Waals surface area contributed by atoms with Gasteiger partial charge in [0.2, 0.25) is 15.9 Å². The quantitative estimate of drug-likeness (QED) is 0.883. The summed E-state index contributed by atoms with van der Waals surface area (Å²) >= 11 is 5.97. The molecule has 2 aromatic carbocycles. The van der Waals surface area contributed by atoms with Gasteiger partial charge in [-0.25, -0.2) is 8.42 Å². The standard InChI is InChI=1S/C17H19ClN2O3S/c1-12-9-10-14(18)11-15(12)19-17(21)16(20(2)24(3,22)23)13-7-5-4-6-8-13/h4-11,16H,1-3H3,(H,19,21). The summed E-state index contributed by atoms with van der Waals surface area (Å²) in [5.74, 6) is -0.445. The number of benzene rings is 2. The van der Waals surface area contributed by atoms with Crippen LogP contribution in [0.15, 0.2) is 48.5 Å². The second-order valence-electron chi connectivity index (χ2n) is 5.54. The van der Waals surface area contributed by atoms with Gasteiger partial charge in [0.15, 0.2) is 0 Å². The molecule has 1 unspecified atom stereocenters. The van der Waals surface area contributed by atoms with Gasteiger partial charge in [-0.2, -0.15) is 4.31 Å². The number of sulfonamides is 1. The summed E-state index contributed by atoms with van der Waals surface area (Å²) in [6, 6.07) is 12.9. The number of nitrogens with one attached hydrogen (secondary N) is 1. The summed E-state index contributed by atoms with van der Waals surface area (Å²) in [4.78, 5) is 12.8. The van der Waals surface area contributed by atoms with Crippen LogP contribution in [0.5, 0.6) is 0 Å². The molecule has 0 spiro atoms. The number of aryl methyl sites for hydroxylation is 1. The van der Waals surface area contributed by atoms with E-state index in [4.69, 9.17) is 11.6 Å². The minimum absolute atomic E-state index is 0.445. The minimum Gasteiger partial charge on any atom is -0.324 e. The fourth-order valence-electron chi connectivity index (χ4n) is 2.28. The van der Waals surface area contributed by atoms with E-state index in [-0.39, 0.29) is 0 Å². The fraction of sp³-hybridized carbons (Fsp3) is 0.235. The molecule has 0 heterocycles. The lowest BCUT2D eigenvalue weighted by molar-refractivity contribution is -0.119. The van der Waals surface area contributed by atoms with Crippen LogP contribution in [-0.4, -0.2) is 31.9 Å². The minimum atomic E-state index is -3.56. The molecule has 128 valence electrons. The number of likely N-dealkylation sites (N-methyl/N-ethyl adjacent to an activating group) is 1. The average Bonchev–Trinajstić information content (AvgIpc) is 2.51. The zero-order valence-electron chi connectivity index (χ0n) is 13.7. The summed E-state index contributed by atoms with van der Waals surface area (Å²) in [6.07, 6.45) is 1.07. The van der Waals surface area contributed by atoms with Gasteiger partial charge >= 0.3 is 0 Å². The first kappa shape index (κ1) is 18.4. The number of carbonyl (C=O) groups excluding carboxylic acids is 1. The predicted octanol–water partition coefficient (Wildman–Crippen LogP) is 3.22. The number of halogens is 1. The normalized spacial score (nSPS) is 12.9. The molecule has 0 aliphatic rings. The van der Waals surface area contributed by atoms with Gasteiger partial charge in [-0.15, -0.1) is 0 Å². The van der Waals surface area contributed by atoms with Crippen LogP contribution in [0.3, 0.4) is 0 Å². The van der Waals surface area contributed by atoms with Crippen molar-refractivity contribution in [3.63, 3.8) is 0 Å². The zero-order chi connectivity index (χ0) is 17.9. The van der Waals surface area contributed by atoms with Gasteiger partial charge in [0.25, 0.3) is 0 Å². The molecule has 0 saturated carbocycles. The molecule has 0 bridgehead atoms. The topological polar surface area (TPSA) is 66.5 Å². The maximum Gasteiger partial charge on any atom is 0.247 e. The van der Waals surface area contributed by atoms with Crippen molar-refractivity contribution in [2.75, 3.05) is 18.6 Å². The molecule has 7 heteroatoms. The highest BCUT2D eigenvalue weighted by Gasteiger charge is 2.30. The van der Waals surface area contributed by atoms with E-state index in [0.717, 1.165) is 16.1 Å². The molecule has 2 rings (SSSR count). The number of rotatable bonds is 5. The fourth-order valence-corrected chi connectivity index (χ4v) is 3.06. The molecule has 1 amide bonds. The summed E-state index contributed by atoms with van der Waals surface area (Å²) in [5, 5.41) is 3.26. The number of amides is 1.